The molecule has 1 N–H and O–H groups in total. The lowest BCUT2D eigenvalue weighted by atomic mass is 10.1. The molecule has 0 amide bonds. The number of hydrogen-bond donors (Lipinski definition) is 1. The Labute approximate surface area is 107 Å². The first-order chi connectivity index (χ1) is 8.26. The summed E-state index contributed by atoms with van der Waals surface area (Å²) >= 11 is 0. The molecule has 0 aliphatic heterocycles. The maximum Gasteiger partial charge on any atom is 0.0208 e. The molecule has 0 aliphatic rings. The fourth-order valence-corrected chi connectivity index (χ4v) is 2.06. The van der Waals surface area contributed by atoms with E-state index in [4.69, 9.17) is 0 Å². The summed E-state index contributed by atoms with van der Waals surface area (Å²) in [7, 11) is 0. The zero-order valence-corrected chi connectivity index (χ0v) is 11.6. The van der Waals surface area contributed by atoms with Gasteiger partial charge in [0, 0.05) is 12.6 Å². The molecular formula is C16H27N. The molecule has 0 aromatic heterocycles. The van der Waals surface area contributed by atoms with Crippen LogP contribution in [0.25, 0.3) is 0 Å². The number of nitrogens with one attached hydrogen (secondary N) is 1. The molecule has 0 bridgehead atoms. The summed E-state index contributed by atoms with van der Waals surface area (Å²) in [6.07, 6.45) is 6.58. The lowest BCUT2D eigenvalue weighted by Crippen LogP contribution is -2.27. The van der Waals surface area contributed by atoms with Gasteiger partial charge in [-0.3, -0.25) is 0 Å². The van der Waals surface area contributed by atoms with E-state index in [0.29, 0.717) is 6.04 Å². The first-order valence-electron chi connectivity index (χ1n) is 7.05. The third-order valence-corrected chi connectivity index (χ3v) is 3.36. The Kier molecular flexibility index (Phi) is 6.95. The van der Waals surface area contributed by atoms with Crippen molar-refractivity contribution < 1.29 is 0 Å². The van der Waals surface area contributed by atoms with Crippen molar-refractivity contribution in [3.05, 3.63) is 35.4 Å². The molecule has 0 fully saturated rings. The predicted octanol–water partition coefficient (Wildman–Crippen LogP) is 4.44. The number of aryl methyl sites for hydroxylation is 1. The summed E-state index contributed by atoms with van der Waals surface area (Å²) in [6.45, 7) is 7.68. The summed E-state index contributed by atoms with van der Waals surface area (Å²) < 4.78 is 0. The maximum absolute atomic E-state index is 3.66. The molecule has 0 saturated heterocycles. The van der Waals surface area contributed by atoms with E-state index in [1.807, 2.05) is 0 Å². The van der Waals surface area contributed by atoms with Crippen molar-refractivity contribution in [3.63, 3.8) is 0 Å². The molecule has 0 radical (unpaired) electrons. The first kappa shape index (κ1) is 14.2. The SMILES string of the molecule is CCCCCC(CC)NCc1ccc(C)cc1. The van der Waals surface area contributed by atoms with Crippen molar-refractivity contribution in [3.8, 4) is 0 Å². The molecule has 1 atom stereocenters. The van der Waals surface area contributed by atoms with Crippen molar-refractivity contribution in [1.82, 2.24) is 5.32 Å². The van der Waals surface area contributed by atoms with Crippen molar-refractivity contribution in [2.75, 3.05) is 0 Å². The van der Waals surface area contributed by atoms with Gasteiger partial charge in [-0.1, -0.05) is 62.9 Å². The van der Waals surface area contributed by atoms with Gasteiger partial charge < -0.3 is 5.32 Å². The Hall–Kier alpha value is -0.820. The summed E-state index contributed by atoms with van der Waals surface area (Å²) in [4.78, 5) is 0. The highest BCUT2D eigenvalue weighted by atomic mass is 14.9. The molecule has 1 heteroatoms. The monoisotopic (exact) mass is 233 g/mol. The van der Waals surface area contributed by atoms with Gasteiger partial charge in [-0.05, 0) is 25.3 Å². The predicted molar refractivity (Wildman–Crippen MR) is 76.2 cm³/mol. The van der Waals surface area contributed by atoms with E-state index < -0.39 is 0 Å². The van der Waals surface area contributed by atoms with E-state index in [-0.39, 0.29) is 0 Å². The molecular weight excluding hydrogens is 206 g/mol. The fraction of sp³-hybridized carbons (Fsp3) is 0.625. The minimum absolute atomic E-state index is 0.683. The second-order valence-corrected chi connectivity index (χ2v) is 4.97. The molecule has 1 aromatic rings. The van der Waals surface area contributed by atoms with Gasteiger partial charge in [0.25, 0.3) is 0 Å². The van der Waals surface area contributed by atoms with Crippen LogP contribution in [0.4, 0.5) is 0 Å². The minimum Gasteiger partial charge on any atom is -0.310 e. The van der Waals surface area contributed by atoms with Gasteiger partial charge in [0.15, 0.2) is 0 Å². The van der Waals surface area contributed by atoms with Crippen molar-refractivity contribution >= 4 is 0 Å². The largest absolute Gasteiger partial charge is 0.310 e. The van der Waals surface area contributed by atoms with Gasteiger partial charge in [-0.2, -0.15) is 0 Å². The van der Waals surface area contributed by atoms with Crippen LogP contribution in [0.2, 0.25) is 0 Å². The normalized spacial score (nSPS) is 12.6. The van der Waals surface area contributed by atoms with Crippen LogP contribution in [0, 0.1) is 6.92 Å². The third kappa shape index (κ3) is 5.88. The van der Waals surface area contributed by atoms with E-state index in [2.05, 4.69) is 50.4 Å². The van der Waals surface area contributed by atoms with Gasteiger partial charge in [0.2, 0.25) is 0 Å². The highest BCUT2D eigenvalue weighted by Gasteiger charge is 2.04. The summed E-state index contributed by atoms with van der Waals surface area (Å²) in [6, 6.07) is 9.51. The molecule has 0 spiro atoms. The number of benzene rings is 1. The lowest BCUT2D eigenvalue weighted by Gasteiger charge is -2.16. The Morgan fingerprint density at radius 1 is 1.06 bits per heavy atom. The Morgan fingerprint density at radius 2 is 1.76 bits per heavy atom. The zero-order valence-electron chi connectivity index (χ0n) is 11.6. The van der Waals surface area contributed by atoms with E-state index in [1.54, 1.807) is 0 Å². The number of unbranched alkanes of at least 4 members (excludes halogenated alkanes) is 2. The highest BCUT2D eigenvalue weighted by Crippen LogP contribution is 2.08. The zero-order chi connectivity index (χ0) is 12.5. The fourth-order valence-electron chi connectivity index (χ4n) is 2.06. The van der Waals surface area contributed by atoms with Crippen LogP contribution < -0.4 is 5.32 Å². The smallest absolute Gasteiger partial charge is 0.0208 e. The van der Waals surface area contributed by atoms with E-state index >= 15 is 0 Å². The van der Waals surface area contributed by atoms with Crippen LogP contribution >= 0.6 is 0 Å². The molecule has 1 unspecified atom stereocenters. The van der Waals surface area contributed by atoms with Crippen LogP contribution in [0.5, 0.6) is 0 Å². The van der Waals surface area contributed by atoms with Crippen LogP contribution in [0.15, 0.2) is 24.3 Å². The minimum atomic E-state index is 0.683. The van der Waals surface area contributed by atoms with E-state index in [9.17, 15) is 0 Å². The summed E-state index contributed by atoms with van der Waals surface area (Å²) in [5, 5.41) is 3.66. The standard InChI is InChI=1S/C16H27N/c1-4-6-7-8-16(5-2)17-13-15-11-9-14(3)10-12-15/h9-12,16-17H,4-8,13H2,1-3H3. The van der Waals surface area contributed by atoms with Crippen LogP contribution in [0.1, 0.15) is 57.1 Å². The van der Waals surface area contributed by atoms with Gasteiger partial charge in [0.05, 0.1) is 0 Å². The van der Waals surface area contributed by atoms with Crippen molar-refractivity contribution in [2.24, 2.45) is 0 Å². The second kappa shape index (κ2) is 8.30. The Balaban J connectivity index is 2.29. The van der Waals surface area contributed by atoms with Gasteiger partial charge in [-0.15, -0.1) is 0 Å². The quantitative estimate of drug-likeness (QED) is 0.654. The average molecular weight is 233 g/mol. The first-order valence-corrected chi connectivity index (χ1v) is 7.05. The summed E-state index contributed by atoms with van der Waals surface area (Å²) in [5.74, 6) is 0. The van der Waals surface area contributed by atoms with Gasteiger partial charge in [0.1, 0.15) is 0 Å². The highest BCUT2D eigenvalue weighted by molar-refractivity contribution is 5.21. The Morgan fingerprint density at radius 3 is 2.35 bits per heavy atom. The lowest BCUT2D eigenvalue weighted by molar-refractivity contribution is 0.446. The molecule has 1 nitrogen and oxygen atoms in total. The number of rotatable bonds is 8. The van der Waals surface area contributed by atoms with E-state index in [1.165, 1.54) is 43.2 Å². The average Bonchev–Trinajstić information content (AvgIpc) is 2.35. The maximum atomic E-state index is 3.66. The molecule has 17 heavy (non-hydrogen) atoms. The molecule has 96 valence electrons. The molecule has 1 rings (SSSR count). The summed E-state index contributed by atoms with van der Waals surface area (Å²) in [5.41, 5.74) is 2.73. The van der Waals surface area contributed by atoms with Crippen molar-refractivity contribution in [2.45, 2.75) is 65.5 Å². The van der Waals surface area contributed by atoms with Crippen molar-refractivity contribution in [1.29, 1.82) is 0 Å². The van der Waals surface area contributed by atoms with Crippen LogP contribution in [-0.2, 0) is 6.54 Å². The molecule has 0 saturated carbocycles. The third-order valence-electron chi connectivity index (χ3n) is 3.36. The second-order valence-electron chi connectivity index (χ2n) is 4.97. The van der Waals surface area contributed by atoms with Crippen LogP contribution in [-0.4, -0.2) is 6.04 Å². The topological polar surface area (TPSA) is 12.0 Å². The molecule has 0 heterocycles. The van der Waals surface area contributed by atoms with E-state index in [0.717, 1.165) is 6.54 Å². The Bertz CT molecular complexity index is 289. The van der Waals surface area contributed by atoms with Gasteiger partial charge in [-0.25, -0.2) is 0 Å². The van der Waals surface area contributed by atoms with Crippen LogP contribution in [0.3, 0.4) is 0 Å². The van der Waals surface area contributed by atoms with Gasteiger partial charge >= 0.3 is 0 Å². The molecule has 0 aliphatic carbocycles. The molecule has 1 aromatic carbocycles. The number of hydrogen-bond acceptors (Lipinski definition) is 1.